The molecule has 0 unspecified atom stereocenters. The summed E-state index contributed by atoms with van der Waals surface area (Å²) < 4.78 is 5.43. The van der Waals surface area contributed by atoms with Crippen LogP contribution in [0.1, 0.15) is 35.2 Å². The molecule has 0 saturated heterocycles. The minimum absolute atomic E-state index is 0.0727. The summed E-state index contributed by atoms with van der Waals surface area (Å²) in [5.41, 5.74) is 3.76. The molecule has 4 rings (SSSR count). The number of aliphatic imine (C=N–C) groups is 1. The van der Waals surface area contributed by atoms with E-state index in [2.05, 4.69) is 23.5 Å². The van der Waals surface area contributed by atoms with Gasteiger partial charge in [-0.1, -0.05) is 109 Å². The third-order valence-corrected chi connectivity index (χ3v) is 7.83. The van der Waals surface area contributed by atoms with Crippen molar-refractivity contribution in [2.24, 2.45) is 4.99 Å². The van der Waals surface area contributed by atoms with Crippen molar-refractivity contribution in [2.75, 3.05) is 12.9 Å². The molecule has 0 bridgehead atoms. The Balaban J connectivity index is 1.63. The van der Waals surface area contributed by atoms with E-state index < -0.39 is 11.8 Å². The average molecular weight is 618 g/mol. The number of amides is 3. The second-order valence-electron chi connectivity index (χ2n) is 9.88. The lowest BCUT2D eigenvalue weighted by Gasteiger charge is -2.28. The molecule has 0 atom stereocenters. The summed E-state index contributed by atoms with van der Waals surface area (Å²) >= 11 is 1.02. The van der Waals surface area contributed by atoms with E-state index in [1.165, 1.54) is 11.0 Å². The average Bonchev–Trinajstić information content (AvgIpc) is 3.06. The maximum absolute atomic E-state index is 13.9. The third kappa shape index (κ3) is 8.25. The van der Waals surface area contributed by atoms with Gasteiger partial charge >= 0.3 is 0 Å². The number of hydrogen-bond donors (Lipinski definition) is 1. The van der Waals surface area contributed by atoms with Crippen LogP contribution in [0.25, 0.3) is 6.08 Å². The van der Waals surface area contributed by atoms with Crippen LogP contribution in [-0.4, -0.2) is 40.7 Å². The molecule has 7 nitrogen and oxygen atoms in total. The number of carbonyl (C=O) groups excluding carboxylic acids is 3. The van der Waals surface area contributed by atoms with Crippen LogP contribution >= 0.6 is 11.8 Å². The van der Waals surface area contributed by atoms with Crippen LogP contribution in [0.2, 0.25) is 0 Å². The highest BCUT2D eigenvalue weighted by Crippen LogP contribution is 2.28. The van der Waals surface area contributed by atoms with Crippen LogP contribution in [0.4, 0.5) is 0 Å². The quantitative estimate of drug-likeness (QED) is 0.104. The van der Waals surface area contributed by atoms with Crippen LogP contribution in [0.15, 0.2) is 139 Å². The molecule has 1 aliphatic rings. The van der Waals surface area contributed by atoms with E-state index in [-0.39, 0.29) is 28.4 Å². The van der Waals surface area contributed by atoms with Gasteiger partial charge in [0.15, 0.2) is 5.17 Å². The van der Waals surface area contributed by atoms with Crippen LogP contribution in [-0.2, 0) is 20.8 Å². The van der Waals surface area contributed by atoms with E-state index in [9.17, 15) is 14.4 Å². The monoisotopic (exact) mass is 617 g/mol. The summed E-state index contributed by atoms with van der Waals surface area (Å²) in [6.07, 6.45) is 10.5. The lowest BCUT2D eigenvalue weighted by Crippen LogP contribution is -2.42. The van der Waals surface area contributed by atoms with Crippen molar-refractivity contribution < 1.29 is 19.1 Å². The molecule has 8 heteroatoms. The van der Waals surface area contributed by atoms with Gasteiger partial charge in [0.1, 0.15) is 11.3 Å². The summed E-state index contributed by atoms with van der Waals surface area (Å²) in [6.45, 7) is 9.29. The molecule has 3 amide bonds. The Labute approximate surface area is 268 Å². The smallest absolute Gasteiger partial charge is 0.285 e. The van der Waals surface area contributed by atoms with Gasteiger partial charge in [0, 0.05) is 5.70 Å². The first kappa shape index (κ1) is 32.7. The van der Waals surface area contributed by atoms with Gasteiger partial charge in [-0.15, -0.1) is 6.58 Å². The Morgan fingerprint density at radius 1 is 1.02 bits per heavy atom. The van der Waals surface area contributed by atoms with Gasteiger partial charge in [0.25, 0.3) is 11.8 Å². The Bertz CT molecular complexity index is 1650. The van der Waals surface area contributed by atoms with E-state index in [4.69, 9.17) is 4.74 Å². The van der Waals surface area contributed by atoms with Crippen molar-refractivity contribution in [3.63, 3.8) is 0 Å². The Morgan fingerprint density at radius 2 is 1.69 bits per heavy atom. The van der Waals surface area contributed by atoms with Crippen molar-refractivity contribution in [3.05, 3.63) is 156 Å². The van der Waals surface area contributed by atoms with Gasteiger partial charge in [-0.05, 0) is 59.9 Å². The zero-order valence-electron chi connectivity index (χ0n) is 25.3. The number of methoxy groups -OCH3 is 1. The first-order chi connectivity index (χ1) is 21.9. The van der Waals surface area contributed by atoms with Gasteiger partial charge in [0.05, 0.1) is 18.9 Å². The van der Waals surface area contributed by atoms with Crippen molar-refractivity contribution in [1.82, 2.24) is 10.2 Å². The molecule has 1 aliphatic heterocycles. The number of rotatable bonds is 12. The Kier molecular flexibility index (Phi) is 11.6. The highest BCUT2D eigenvalue weighted by Gasteiger charge is 2.35. The number of nitrogens with zero attached hydrogens (tertiary/aromatic N) is 2. The molecule has 1 N–H and O–H groups in total. The lowest BCUT2D eigenvalue weighted by atomic mass is 9.99. The number of allylic oxidation sites excluding steroid dienone is 5. The summed E-state index contributed by atoms with van der Waals surface area (Å²) in [6, 6.07) is 24.4. The van der Waals surface area contributed by atoms with Crippen molar-refractivity contribution in [1.29, 1.82) is 0 Å². The lowest BCUT2D eigenvalue weighted by molar-refractivity contribution is -0.126. The molecule has 0 aromatic heterocycles. The normalized spacial score (nSPS) is 14.6. The highest BCUT2D eigenvalue weighted by molar-refractivity contribution is 8.14. The predicted molar refractivity (Wildman–Crippen MR) is 183 cm³/mol. The third-order valence-electron chi connectivity index (χ3n) is 6.89. The number of amidine groups is 1. The molecule has 0 spiro atoms. The van der Waals surface area contributed by atoms with Gasteiger partial charge in [-0.2, -0.15) is 4.99 Å². The van der Waals surface area contributed by atoms with Crippen molar-refractivity contribution in [3.8, 4) is 5.75 Å². The van der Waals surface area contributed by atoms with E-state index in [1.807, 2.05) is 66.7 Å². The first-order valence-corrected chi connectivity index (χ1v) is 15.3. The van der Waals surface area contributed by atoms with Crippen LogP contribution in [0.3, 0.4) is 0 Å². The molecule has 3 aromatic carbocycles. The van der Waals surface area contributed by atoms with Gasteiger partial charge < -0.3 is 10.1 Å². The van der Waals surface area contributed by atoms with Gasteiger partial charge in [0.2, 0.25) is 5.91 Å². The maximum Gasteiger partial charge on any atom is 0.285 e. The number of ether oxygens (including phenoxy) is 1. The summed E-state index contributed by atoms with van der Waals surface area (Å²) in [7, 11) is 1.58. The fourth-order valence-corrected chi connectivity index (χ4v) is 5.57. The summed E-state index contributed by atoms with van der Waals surface area (Å²) in [4.78, 5) is 46.2. The van der Waals surface area contributed by atoms with Crippen molar-refractivity contribution >= 4 is 40.7 Å². The Hall–Kier alpha value is -5.21. The second-order valence-corrected chi connectivity index (χ2v) is 10.8. The molecule has 0 aliphatic carbocycles. The number of carbonyl (C=O) groups is 3. The molecular formula is C37H35N3O4S. The molecule has 0 fully saturated rings. The predicted octanol–water partition coefficient (Wildman–Crippen LogP) is 6.82. The second kappa shape index (κ2) is 16.0. The highest BCUT2D eigenvalue weighted by atomic mass is 32.2. The molecule has 45 heavy (non-hydrogen) atoms. The fourth-order valence-electron chi connectivity index (χ4n) is 4.76. The minimum Gasteiger partial charge on any atom is -0.496 e. The number of benzene rings is 3. The van der Waals surface area contributed by atoms with Gasteiger partial charge in [-0.3, -0.25) is 19.3 Å². The van der Waals surface area contributed by atoms with E-state index in [0.717, 1.165) is 28.5 Å². The summed E-state index contributed by atoms with van der Waals surface area (Å²) in [5.74, 6) is -0.903. The van der Waals surface area contributed by atoms with E-state index in [0.29, 0.717) is 23.4 Å². The largest absolute Gasteiger partial charge is 0.496 e. The molecule has 0 saturated carbocycles. The first-order valence-electron chi connectivity index (χ1n) is 14.3. The minimum atomic E-state index is -0.685. The SMILES string of the molecule is C=C/C=C\C(=C/C)N1C(=O)/C(=C/c2ccc(OC)c(CC=C)c2)C(=O)N=C1SCC(=O)NC(c1ccccc1)c1ccccc1. The fraction of sp³-hybridized carbons (Fsp3) is 0.135. The molecule has 0 radical (unpaired) electrons. The number of hydrogen-bond acceptors (Lipinski definition) is 5. The zero-order chi connectivity index (χ0) is 32.2. The molecular weight excluding hydrogens is 582 g/mol. The van der Waals surface area contributed by atoms with Crippen molar-refractivity contribution in [2.45, 2.75) is 19.4 Å². The topological polar surface area (TPSA) is 88.1 Å². The standard InChI is InChI=1S/C37H35N3O4S/c1-5-8-20-30(7-3)40-36(43)31(24-26-21-22-32(44-4)29(23-26)15-6-2)35(42)39-37(40)45-25-33(41)38-34(27-16-11-9-12-17-27)28-18-13-10-14-19-28/h5-14,16-24,34H,1-2,15,25H2,3-4H3,(H,38,41)/b20-8-,30-7+,31-24+. The maximum atomic E-state index is 13.9. The zero-order valence-corrected chi connectivity index (χ0v) is 26.1. The number of nitrogens with one attached hydrogen (secondary N) is 1. The number of thioether (sulfide) groups is 1. The van der Waals surface area contributed by atoms with Crippen LogP contribution < -0.4 is 10.1 Å². The van der Waals surface area contributed by atoms with E-state index >= 15 is 0 Å². The molecule has 1 heterocycles. The van der Waals surface area contributed by atoms with E-state index in [1.54, 1.807) is 56.5 Å². The molecule has 3 aromatic rings. The Morgan fingerprint density at radius 3 is 2.27 bits per heavy atom. The summed E-state index contributed by atoms with van der Waals surface area (Å²) in [5, 5.41) is 3.21. The van der Waals surface area contributed by atoms with Gasteiger partial charge in [-0.25, -0.2) is 0 Å². The van der Waals surface area contributed by atoms with Crippen LogP contribution in [0.5, 0.6) is 5.75 Å². The van der Waals surface area contributed by atoms with Crippen LogP contribution in [0, 0.1) is 0 Å². The molecule has 228 valence electrons.